The zero-order valence-corrected chi connectivity index (χ0v) is 11.4. The van der Waals surface area contributed by atoms with Crippen LogP contribution in [0.1, 0.15) is 27.2 Å². The largest absolute Gasteiger partial charge is 0.380 e. The van der Waals surface area contributed by atoms with Gasteiger partial charge in [-0.2, -0.15) is 0 Å². The van der Waals surface area contributed by atoms with Crippen LogP contribution in [-0.2, 0) is 9.47 Å². The molecule has 0 amide bonds. The number of nitrogens with zero attached hydrogens (tertiary/aromatic N) is 2. The first-order valence-electron chi connectivity index (χ1n) is 6.46. The van der Waals surface area contributed by atoms with Crippen molar-refractivity contribution < 1.29 is 9.47 Å². The van der Waals surface area contributed by atoms with Crippen LogP contribution in [0.2, 0.25) is 0 Å². The lowest BCUT2D eigenvalue weighted by molar-refractivity contribution is 0.106. The van der Waals surface area contributed by atoms with Gasteiger partial charge in [-0.05, 0) is 20.3 Å². The maximum Gasteiger partial charge on any atom is 0.191 e. The van der Waals surface area contributed by atoms with Crippen molar-refractivity contribution in [3.05, 3.63) is 0 Å². The Morgan fingerprint density at radius 3 is 2.00 bits per heavy atom. The molecular formula is C12H27N3O2. The Labute approximate surface area is 105 Å². The van der Waals surface area contributed by atoms with Gasteiger partial charge in [0.2, 0.25) is 0 Å². The Kier molecular flexibility index (Phi) is 11.1. The Balaban J connectivity index is 4.07. The Bertz CT molecular complexity index is 188. The number of nitrogens with two attached hydrogens (primary N) is 1. The third-order valence-electron chi connectivity index (χ3n) is 2.24. The van der Waals surface area contributed by atoms with E-state index < -0.39 is 0 Å². The molecule has 0 spiro atoms. The number of ether oxygens (including phenoxy) is 2. The molecule has 0 atom stereocenters. The first-order chi connectivity index (χ1) is 8.26. The van der Waals surface area contributed by atoms with Crippen molar-refractivity contribution in [2.45, 2.75) is 27.2 Å². The van der Waals surface area contributed by atoms with E-state index in [1.807, 2.05) is 18.7 Å². The smallest absolute Gasteiger partial charge is 0.191 e. The first-order valence-corrected chi connectivity index (χ1v) is 6.46. The third-order valence-corrected chi connectivity index (χ3v) is 2.24. The molecule has 0 aliphatic carbocycles. The van der Waals surface area contributed by atoms with Crippen LogP contribution in [0.15, 0.2) is 4.99 Å². The average molecular weight is 245 g/mol. The van der Waals surface area contributed by atoms with Crippen LogP contribution in [0, 0.1) is 0 Å². The monoisotopic (exact) mass is 245 g/mol. The second-order valence-electron chi connectivity index (χ2n) is 3.62. The van der Waals surface area contributed by atoms with E-state index in [-0.39, 0.29) is 0 Å². The topological polar surface area (TPSA) is 60.1 Å². The number of guanidine groups is 1. The lowest BCUT2D eigenvalue weighted by Gasteiger charge is -2.23. The average Bonchev–Trinajstić information content (AvgIpc) is 2.34. The van der Waals surface area contributed by atoms with Gasteiger partial charge in [0.05, 0.1) is 13.2 Å². The first kappa shape index (κ1) is 16.2. The summed E-state index contributed by atoms with van der Waals surface area (Å²) in [5, 5.41) is 0. The van der Waals surface area contributed by atoms with Gasteiger partial charge in [0.15, 0.2) is 5.96 Å². The summed E-state index contributed by atoms with van der Waals surface area (Å²) in [5.74, 6) is 0.589. The molecule has 0 aliphatic rings. The molecule has 0 aliphatic heterocycles. The van der Waals surface area contributed by atoms with Gasteiger partial charge < -0.3 is 20.1 Å². The zero-order chi connectivity index (χ0) is 12.9. The molecule has 5 heteroatoms. The molecule has 102 valence electrons. The van der Waals surface area contributed by atoms with Gasteiger partial charge in [-0.3, -0.25) is 4.99 Å². The number of rotatable bonds is 10. The van der Waals surface area contributed by atoms with Gasteiger partial charge in [0.1, 0.15) is 0 Å². The molecule has 0 aromatic rings. The van der Waals surface area contributed by atoms with Crippen molar-refractivity contribution in [2.24, 2.45) is 10.7 Å². The molecule has 0 aromatic carbocycles. The summed E-state index contributed by atoms with van der Waals surface area (Å²) < 4.78 is 10.7. The predicted molar refractivity (Wildman–Crippen MR) is 71.3 cm³/mol. The summed E-state index contributed by atoms with van der Waals surface area (Å²) >= 11 is 0. The maximum absolute atomic E-state index is 5.93. The van der Waals surface area contributed by atoms with Crippen molar-refractivity contribution in [2.75, 3.05) is 46.1 Å². The van der Waals surface area contributed by atoms with Crippen LogP contribution in [-0.4, -0.2) is 56.9 Å². The summed E-state index contributed by atoms with van der Waals surface area (Å²) in [7, 11) is 0. The highest BCUT2D eigenvalue weighted by Gasteiger charge is 2.07. The fourth-order valence-corrected chi connectivity index (χ4v) is 1.31. The third kappa shape index (κ3) is 8.94. The minimum atomic E-state index is 0.589. The fourth-order valence-electron chi connectivity index (χ4n) is 1.31. The molecule has 0 rings (SSSR count). The van der Waals surface area contributed by atoms with E-state index in [1.165, 1.54) is 0 Å². The molecule has 2 N–H and O–H groups in total. The summed E-state index contributed by atoms with van der Waals surface area (Å²) in [6.45, 7) is 11.2. The Morgan fingerprint density at radius 1 is 1.06 bits per heavy atom. The molecule has 0 heterocycles. The van der Waals surface area contributed by atoms with Crippen molar-refractivity contribution in [3.63, 3.8) is 0 Å². The van der Waals surface area contributed by atoms with E-state index >= 15 is 0 Å². The lowest BCUT2D eigenvalue weighted by Crippen LogP contribution is -2.41. The van der Waals surface area contributed by atoms with Crippen LogP contribution >= 0.6 is 0 Å². The van der Waals surface area contributed by atoms with Crippen LogP contribution in [0.3, 0.4) is 0 Å². The molecule has 0 fully saturated rings. The van der Waals surface area contributed by atoms with E-state index in [9.17, 15) is 0 Å². The van der Waals surface area contributed by atoms with Crippen LogP contribution in [0.25, 0.3) is 0 Å². The van der Waals surface area contributed by atoms with Gasteiger partial charge in [0.25, 0.3) is 0 Å². The lowest BCUT2D eigenvalue weighted by atomic mass is 10.5. The van der Waals surface area contributed by atoms with Crippen molar-refractivity contribution in [3.8, 4) is 0 Å². The second-order valence-corrected chi connectivity index (χ2v) is 3.62. The van der Waals surface area contributed by atoms with Gasteiger partial charge in [-0.15, -0.1) is 0 Å². The molecule has 0 aromatic heterocycles. The van der Waals surface area contributed by atoms with Crippen molar-refractivity contribution >= 4 is 5.96 Å². The van der Waals surface area contributed by atoms with Gasteiger partial charge in [-0.1, -0.05) is 6.92 Å². The van der Waals surface area contributed by atoms with Crippen LogP contribution in [0.5, 0.6) is 0 Å². The maximum atomic E-state index is 5.93. The normalized spacial score (nSPS) is 11.8. The molecule has 0 bridgehead atoms. The summed E-state index contributed by atoms with van der Waals surface area (Å²) in [6, 6.07) is 0. The van der Waals surface area contributed by atoms with Crippen molar-refractivity contribution in [1.82, 2.24) is 4.90 Å². The van der Waals surface area contributed by atoms with Gasteiger partial charge >= 0.3 is 0 Å². The molecule has 0 radical (unpaired) electrons. The van der Waals surface area contributed by atoms with Gasteiger partial charge in [-0.25, -0.2) is 0 Å². The minimum Gasteiger partial charge on any atom is -0.380 e. The number of hydrogen-bond acceptors (Lipinski definition) is 3. The molecular weight excluding hydrogens is 218 g/mol. The van der Waals surface area contributed by atoms with E-state index in [0.29, 0.717) is 19.2 Å². The summed E-state index contributed by atoms with van der Waals surface area (Å²) in [4.78, 5) is 6.32. The van der Waals surface area contributed by atoms with E-state index in [0.717, 1.165) is 39.3 Å². The molecule has 17 heavy (non-hydrogen) atoms. The standard InChI is InChI=1S/C12H27N3O2/c1-4-7-14-12(13)15(8-10-16-5-2)9-11-17-6-3/h4-11H2,1-3H3,(H2,13,14). The summed E-state index contributed by atoms with van der Waals surface area (Å²) in [5.41, 5.74) is 5.93. The predicted octanol–water partition coefficient (Wildman–Crippen LogP) is 1.09. The fraction of sp³-hybridized carbons (Fsp3) is 0.917. The molecule has 0 saturated carbocycles. The Morgan fingerprint density at radius 2 is 1.59 bits per heavy atom. The molecule has 0 unspecified atom stereocenters. The highest BCUT2D eigenvalue weighted by Crippen LogP contribution is 1.92. The SMILES string of the molecule is CCCN=C(N)N(CCOCC)CCOCC. The zero-order valence-electron chi connectivity index (χ0n) is 11.4. The van der Waals surface area contributed by atoms with Gasteiger partial charge in [0, 0.05) is 32.8 Å². The van der Waals surface area contributed by atoms with Crippen LogP contribution in [0.4, 0.5) is 0 Å². The molecule has 0 saturated heterocycles. The van der Waals surface area contributed by atoms with E-state index in [4.69, 9.17) is 15.2 Å². The highest BCUT2D eigenvalue weighted by molar-refractivity contribution is 5.78. The highest BCUT2D eigenvalue weighted by atomic mass is 16.5. The molecule has 5 nitrogen and oxygen atoms in total. The second kappa shape index (κ2) is 11.7. The van der Waals surface area contributed by atoms with Crippen molar-refractivity contribution in [1.29, 1.82) is 0 Å². The summed E-state index contributed by atoms with van der Waals surface area (Å²) in [6.07, 6.45) is 1.01. The minimum absolute atomic E-state index is 0.589. The number of hydrogen-bond donors (Lipinski definition) is 1. The number of aliphatic imine (C=N–C) groups is 1. The quantitative estimate of drug-likeness (QED) is 0.355. The Hall–Kier alpha value is -0.810. The van der Waals surface area contributed by atoms with E-state index in [1.54, 1.807) is 0 Å². The van der Waals surface area contributed by atoms with Crippen LogP contribution < -0.4 is 5.73 Å². The van der Waals surface area contributed by atoms with E-state index in [2.05, 4.69) is 11.9 Å².